The van der Waals surface area contributed by atoms with Crippen LogP contribution >= 0.6 is 23.5 Å². The van der Waals surface area contributed by atoms with Gasteiger partial charge in [-0.05, 0) is 20.8 Å². The summed E-state index contributed by atoms with van der Waals surface area (Å²) in [5.74, 6) is -6.20. The predicted molar refractivity (Wildman–Crippen MR) is 192 cm³/mol. The monoisotopic (exact) mass is 785 g/mol. The second-order valence-corrected chi connectivity index (χ2v) is 14.1. The van der Waals surface area contributed by atoms with E-state index in [2.05, 4.69) is 52.8 Å². The molecule has 0 aliphatic carbocycles. The molecule has 0 saturated carbocycles. The Labute approximate surface area is 313 Å². The molecule has 0 fully saturated rings. The summed E-state index contributed by atoms with van der Waals surface area (Å²) in [5, 5.41) is 27.9. The summed E-state index contributed by atoms with van der Waals surface area (Å²) in [6, 6.07) is -8.71. The first kappa shape index (κ1) is 44.2. The maximum Gasteiger partial charge on any atom is 0.244 e. The first-order valence-electron chi connectivity index (χ1n) is 16.3. The summed E-state index contributed by atoms with van der Waals surface area (Å²) >= 11 is 2.18. The minimum absolute atomic E-state index is 0.0532. The zero-order valence-electron chi connectivity index (χ0n) is 29.8. The van der Waals surface area contributed by atoms with Crippen LogP contribution in [0.2, 0.25) is 0 Å². The maximum atomic E-state index is 13.4. The normalized spacial score (nSPS) is 25.6. The largest absolute Gasteiger partial charge is 0.368 e. The summed E-state index contributed by atoms with van der Waals surface area (Å²) in [6.07, 6.45) is 1.18. The number of carbonyl (C=O) groups excluding carboxylic acids is 9. The number of hydrogen-bond acceptors (Lipinski definition) is 14. The molecule has 2 bridgehead atoms. The van der Waals surface area contributed by atoms with Crippen molar-refractivity contribution in [3.05, 3.63) is 11.9 Å². The molecule has 22 nitrogen and oxygen atoms in total. The zero-order chi connectivity index (χ0) is 39.8. The van der Waals surface area contributed by atoms with Gasteiger partial charge in [0, 0.05) is 38.0 Å². The number of hydrogen-bond donors (Lipinski definition) is 10. The van der Waals surface area contributed by atoms with Gasteiger partial charge in [0.1, 0.15) is 42.3 Å². The molecular formula is C29H47N13O9S2. The van der Waals surface area contributed by atoms with Crippen molar-refractivity contribution in [3.8, 4) is 0 Å². The Kier molecular flexibility index (Phi) is 18.0. The summed E-state index contributed by atoms with van der Waals surface area (Å²) in [6.45, 7) is 6.44. The summed E-state index contributed by atoms with van der Waals surface area (Å²) in [7, 11) is 0. The third-order valence-electron chi connectivity index (χ3n) is 7.32. The van der Waals surface area contributed by atoms with Gasteiger partial charge in [-0.3, -0.25) is 47.8 Å². The number of fused-ring (bicyclic) bond motifs is 2. The van der Waals surface area contributed by atoms with E-state index in [0.717, 1.165) is 23.5 Å². The second kappa shape index (κ2) is 21.5. The van der Waals surface area contributed by atoms with Crippen molar-refractivity contribution in [2.45, 2.75) is 89.9 Å². The van der Waals surface area contributed by atoms with Crippen LogP contribution in [0.4, 0.5) is 0 Å². The van der Waals surface area contributed by atoms with Gasteiger partial charge in [-0.25, -0.2) is 0 Å². The van der Waals surface area contributed by atoms with Crippen molar-refractivity contribution in [1.82, 2.24) is 57.5 Å². The van der Waals surface area contributed by atoms with Gasteiger partial charge in [0.15, 0.2) is 0 Å². The highest BCUT2D eigenvalue weighted by molar-refractivity contribution is 7.99. The number of aromatic nitrogens is 3. The molecule has 294 valence electrons. The molecule has 53 heavy (non-hydrogen) atoms. The molecule has 1 aliphatic rings. The highest BCUT2D eigenvalue weighted by Crippen LogP contribution is 2.07. The van der Waals surface area contributed by atoms with Crippen LogP contribution in [-0.2, 0) is 56.1 Å². The van der Waals surface area contributed by atoms with Crippen molar-refractivity contribution in [2.75, 3.05) is 23.3 Å². The minimum atomic E-state index is -1.28. The average Bonchev–Trinajstić information content (AvgIpc) is 3.52. The lowest BCUT2D eigenvalue weighted by atomic mass is 10.1. The fraction of sp³-hybridized carbons (Fsp3) is 0.621. The number of nitrogens with zero attached hydrogens (tertiary/aromatic N) is 3. The number of primary amides is 1. The molecule has 2 heterocycles. The summed E-state index contributed by atoms with van der Waals surface area (Å²) in [4.78, 5) is 114. The number of nitrogens with one attached hydrogen (secondary N) is 8. The Morgan fingerprint density at radius 3 is 1.60 bits per heavy atom. The molecular weight excluding hydrogens is 739 g/mol. The van der Waals surface area contributed by atoms with Crippen molar-refractivity contribution >= 4 is 76.7 Å². The Morgan fingerprint density at radius 1 is 0.736 bits per heavy atom. The Morgan fingerprint density at radius 2 is 1.17 bits per heavy atom. The number of amides is 9. The molecule has 9 amide bonds. The Hall–Kier alpha value is -4.97. The number of nitrogens with two attached hydrogens (primary N) is 2. The van der Waals surface area contributed by atoms with E-state index in [1.165, 1.54) is 45.5 Å². The van der Waals surface area contributed by atoms with Gasteiger partial charge >= 0.3 is 0 Å². The van der Waals surface area contributed by atoms with E-state index < -0.39 is 83.6 Å². The van der Waals surface area contributed by atoms with Crippen LogP contribution in [0, 0.1) is 0 Å². The zero-order valence-corrected chi connectivity index (χ0v) is 31.5. The third-order valence-corrected chi connectivity index (χ3v) is 9.15. The van der Waals surface area contributed by atoms with Crippen molar-refractivity contribution < 1.29 is 43.2 Å². The van der Waals surface area contributed by atoms with Crippen molar-refractivity contribution in [1.29, 1.82) is 0 Å². The van der Waals surface area contributed by atoms with Crippen LogP contribution in [0.25, 0.3) is 0 Å². The maximum absolute atomic E-state index is 13.4. The van der Waals surface area contributed by atoms with Gasteiger partial charge in [-0.1, -0.05) is 5.21 Å². The van der Waals surface area contributed by atoms with E-state index in [9.17, 15) is 43.2 Å². The smallest absolute Gasteiger partial charge is 0.244 e. The standard InChI is InChI=1S/C29H47N13O9S2/c1-13-25(47)38-21(9-52-11-32-16(4)43)29(51)36-15(3)26(48)39-22(10-53-12-33-17(5)44)28(50)35-14(2)24(46)37-20(23(31)45)6-18-7-42(41-40-18)8-19(30)27(49)34-13/h7,13-15,19-22H,6,8-12,30H2,1-5H3,(H2,31,45)(H,32,43)(H,33,44)(H,34,49)(H,35,50)(H,36,51)(H,37,46)(H,38,47)(H,39,48)/t13-,14-,15-,19-,20-,21-,22-/m0/s1. The molecule has 0 spiro atoms. The molecule has 0 aromatic carbocycles. The van der Waals surface area contributed by atoms with E-state index in [4.69, 9.17) is 11.5 Å². The molecule has 0 saturated heterocycles. The quantitative estimate of drug-likeness (QED) is 0.0824. The number of carbonyl (C=O) groups is 9. The molecule has 7 atom stereocenters. The van der Waals surface area contributed by atoms with Crippen LogP contribution in [0.1, 0.15) is 40.3 Å². The van der Waals surface area contributed by atoms with Gasteiger partial charge in [-0.2, -0.15) is 0 Å². The van der Waals surface area contributed by atoms with Gasteiger partial charge in [-0.15, -0.1) is 28.6 Å². The summed E-state index contributed by atoms with van der Waals surface area (Å²) in [5.41, 5.74) is 11.8. The predicted octanol–water partition coefficient (Wildman–Crippen LogP) is -5.73. The lowest BCUT2D eigenvalue weighted by Crippen LogP contribution is -2.60. The van der Waals surface area contributed by atoms with Crippen molar-refractivity contribution in [3.63, 3.8) is 0 Å². The third kappa shape index (κ3) is 15.7. The van der Waals surface area contributed by atoms with Gasteiger partial charge in [0.05, 0.1) is 24.0 Å². The highest BCUT2D eigenvalue weighted by Gasteiger charge is 2.31. The van der Waals surface area contributed by atoms with E-state index in [1.807, 2.05) is 0 Å². The first-order chi connectivity index (χ1) is 24.9. The van der Waals surface area contributed by atoms with Crippen molar-refractivity contribution in [2.24, 2.45) is 11.5 Å². The van der Waals surface area contributed by atoms with E-state index >= 15 is 0 Å². The first-order valence-corrected chi connectivity index (χ1v) is 18.6. The molecule has 1 aromatic rings. The SMILES string of the molecule is CC(=O)NCSC[C@@H]1NC(=O)[C@H](C)NC(=O)[C@H](CSCNC(C)=O)NC(=O)[C@H](C)NC(=O)[C@@H](N)Cn2cc(nn2)C[C@@H](C(N)=O)NC(=O)[C@H](C)NC1=O. The molecule has 12 N–H and O–H groups in total. The van der Waals surface area contributed by atoms with Gasteiger partial charge in [0.25, 0.3) is 0 Å². The van der Waals surface area contributed by atoms with Gasteiger partial charge in [0.2, 0.25) is 53.2 Å². The van der Waals surface area contributed by atoms with Crippen LogP contribution in [0.5, 0.6) is 0 Å². The Bertz CT molecular complexity index is 1530. The Balaban J connectivity index is 2.41. The average molecular weight is 786 g/mol. The number of rotatable bonds is 9. The summed E-state index contributed by atoms with van der Waals surface area (Å²) < 4.78 is 1.22. The van der Waals surface area contributed by atoms with E-state index in [0.29, 0.717) is 0 Å². The molecule has 0 unspecified atom stereocenters. The molecule has 0 radical (unpaired) electrons. The minimum Gasteiger partial charge on any atom is -0.368 e. The lowest BCUT2D eigenvalue weighted by Gasteiger charge is -2.25. The van der Waals surface area contributed by atoms with Crippen LogP contribution < -0.4 is 54.0 Å². The van der Waals surface area contributed by atoms with Gasteiger partial charge < -0.3 is 54.0 Å². The fourth-order valence-corrected chi connectivity index (χ4v) is 6.08. The second-order valence-electron chi connectivity index (χ2n) is 12.0. The van der Waals surface area contributed by atoms with E-state index in [-0.39, 0.29) is 53.7 Å². The lowest BCUT2D eigenvalue weighted by molar-refractivity contribution is -0.134. The topological polar surface area (TPSA) is 333 Å². The van der Waals surface area contributed by atoms with Crippen LogP contribution in [0.15, 0.2) is 6.20 Å². The molecule has 1 aliphatic heterocycles. The molecule has 2 rings (SSSR count). The fourth-order valence-electron chi connectivity index (χ4n) is 4.30. The number of thioether (sulfide) groups is 2. The van der Waals surface area contributed by atoms with E-state index in [1.54, 1.807) is 0 Å². The molecule has 1 aromatic heterocycles. The molecule has 24 heteroatoms. The van der Waals surface area contributed by atoms with Crippen LogP contribution in [0.3, 0.4) is 0 Å². The van der Waals surface area contributed by atoms with Crippen LogP contribution in [-0.4, -0.2) is 134 Å². The highest BCUT2D eigenvalue weighted by atomic mass is 32.2.